The highest BCUT2D eigenvalue weighted by Crippen LogP contribution is 2.50. The standard InChI is InChI=1S/C19H24O7/c1-10-5-4-6-19(9-21)16(26-19)15-14(12(3)18(23)25-15)13(7-10)24-17(22)11(2)8-20/h5,13-16,20-21H,2-4,6-9H2,1H3. The third-order valence-electron chi connectivity index (χ3n) is 5.37. The lowest BCUT2D eigenvalue weighted by Gasteiger charge is -2.28. The van der Waals surface area contributed by atoms with Gasteiger partial charge in [-0.3, -0.25) is 0 Å². The van der Waals surface area contributed by atoms with Gasteiger partial charge in [0, 0.05) is 12.0 Å². The Labute approximate surface area is 151 Å². The van der Waals surface area contributed by atoms with Crippen LogP contribution in [0.5, 0.6) is 0 Å². The first-order valence-corrected chi connectivity index (χ1v) is 8.66. The summed E-state index contributed by atoms with van der Waals surface area (Å²) in [4.78, 5) is 24.3. The average molecular weight is 364 g/mol. The Bertz CT molecular complexity index is 679. The molecule has 26 heavy (non-hydrogen) atoms. The molecule has 0 aromatic rings. The van der Waals surface area contributed by atoms with E-state index in [-0.39, 0.29) is 17.8 Å². The molecule has 1 aliphatic carbocycles. The van der Waals surface area contributed by atoms with Crippen molar-refractivity contribution in [2.24, 2.45) is 5.92 Å². The number of carbonyl (C=O) groups is 2. The second-order valence-corrected chi connectivity index (χ2v) is 7.18. The highest BCUT2D eigenvalue weighted by molar-refractivity contribution is 5.92. The zero-order valence-corrected chi connectivity index (χ0v) is 14.8. The predicted octanol–water partition coefficient (Wildman–Crippen LogP) is 0.805. The molecule has 0 aromatic heterocycles. The van der Waals surface area contributed by atoms with Gasteiger partial charge in [0.1, 0.15) is 23.9 Å². The SMILES string of the molecule is C=C(CO)C(=O)OC1CC(C)=CCCC2(CO)OC2C2OC(=O)C(=C)C12. The molecule has 2 saturated heterocycles. The fourth-order valence-corrected chi connectivity index (χ4v) is 3.78. The van der Waals surface area contributed by atoms with E-state index in [9.17, 15) is 14.7 Å². The van der Waals surface area contributed by atoms with Crippen molar-refractivity contribution in [3.05, 3.63) is 36.0 Å². The van der Waals surface area contributed by atoms with Crippen molar-refractivity contribution in [3.8, 4) is 0 Å². The van der Waals surface area contributed by atoms with Crippen LogP contribution in [0, 0.1) is 5.92 Å². The Balaban J connectivity index is 1.94. The Morgan fingerprint density at radius 3 is 2.85 bits per heavy atom. The van der Waals surface area contributed by atoms with Gasteiger partial charge >= 0.3 is 11.9 Å². The molecule has 5 unspecified atom stereocenters. The van der Waals surface area contributed by atoms with Gasteiger partial charge in [0.2, 0.25) is 0 Å². The summed E-state index contributed by atoms with van der Waals surface area (Å²) in [6, 6.07) is 0. The Morgan fingerprint density at radius 2 is 2.19 bits per heavy atom. The summed E-state index contributed by atoms with van der Waals surface area (Å²) >= 11 is 0. The van der Waals surface area contributed by atoms with Crippen molar-refractivity contribution in [3.63, 3.8) is 0 Å². The Morgan fingerprint density at radius 1 is 1.46 bits per heavy atom. The number of fused-ring (bicyclic) bond motifs is 3. The number of aliphatic hydroxyl groups excluding tert-OH is 2. The molecule has 0 aromatic carbocycles. The Hall–Kier alpha value is -1.96. The van der Waals surface area contributed by atoms with Crippen molar-refractivity contribution in [2.75, 3.05) is 13.2 Å². The molecule has 7 heteroatoms. The molecular weight excluding hydrogens is 340 g/mol. The largest absolute Gasteiger partial charge is 0.458 e. The van der Waals surface area contributed by atoms with E-state index in [0.717, 1.165) is 5.57 Å². The van der Waals surface area contributed by atoms with Gasteiger partial charge < -0.3 is 24.4 Å². The van der Waals surface area contributed by atoms with E-state index in [1.807, 2.05) is 13.0 Å². The molecule has 0 bridgehead atoms. The summed E-state index contributed by atoms with van der Waals surface area (Å²) in [5, 5.41) is 18.9. The monoisotopic (exact) mass is 364 g/mol. The second-order valence-electron chi connectivity index (χ2n) is 7.18. The molecule has 2 fully saturated rings. The van der Waals surface area contributed by atoms with Crippen LogP contribution in [0.4, 0.5) is 0 Å². The Kier molecular flexibility index (Phi) is 5.05. The van der Waals surface area contributed by atoms with Crippen LogP contribution in [-0.4, -0.2) is 59.3 Å². The van der Waals surface area contributed by atoms with E-state index >= 15 is 0 Å². The molecule has 0 radical (unpaired) electrons. The molecule has 7 nitrogen and oxygen atoms in total. The maximum atomic E-state index is 12.2. The lowest BCUT2D eigenvalue weighted by Crippen LogP contribution is -2.40. The van der Waals surface area contributed by atoms with E-state index in [1.54, 1.807) is 0 Å². The highest BCUT2D eigenvalue weighted by Gasteiger charge is 2.65. The number of carbonyl (C=O) groups excluding carboxylic acids is 2. The van der Waals surface area contributed by atoms with E-state index in [0.29, 0.717) is 19.3 Å². The van der Waals surface area contributed by atoms with Crippen LogP contribution in [0.1, 0.15) is 26.2 Å². The molecular formula is C19H24O7. The van der Waals surface area contributed by atoms with Gasteiger partial charge in [-0.1, -0.05) is 24.8 Å². The van der Waals surface area contributed by atoms with E-state index in [1.165, 1.54) is 0 Å². The molecule has 5 atom stereocenters. The third kappa shape index (κ3) is 3.22. The first-order chi connectivity index (χ1) is 12.3. The number of ether oxygens (including phenoxy) is 3. The maximum Gasteiger partial charge on any atom is 0.336 e. The quantitative estimate of drug-likeness (QED) is 0.329. The minimum Gasteiger partial charge on any atom is -0.458 e. The minimum absolute atomic E-state index is 0.0662. The molecule has 0 saturated carbocycles. The molecule has 3 rings (SSSR count). The number of hydrogen-bond acceptors (Lipinski definition) is 7. The number of rotatable bonds is 4. The average Bonchev–Trinajstić information content (AvgIpc) is 3.26. The molecule has 2 N–H and O–H groups in total. The molecule has 142 valence electrons. The summed E-state index contributed by atoms with van der Waals surface area (Å²) in [6.07, 6.45) is 1.88. The van der Waals surface area contributed by atoms with E-state index in [2.05, 4.69) is 13.2 Å². The van der Waals surface area contributed by atoms with Gasteiger partial charge in [-0.15, -0.1) is 0 Å². The van der Waals surface area contributed by atoms with Gasteiger partial charge in [-0.05, 0) is 19.8 Å². The minimum atomic E-state index is -0.745. The van der Waals surface area contributed by atoms with Crippen LogP contribution in [-0.2, 0) is 23.8 Å². The van der Waals surface area contributed by atoms with Crippen molar-refractivity contribution in [2.45, 2.75) is 50.1 Å². The fraction of sp³-hybridized carbons (Fsp3) is 0.579. The second kappa shape index (κ2) is 6.98. The first kappa shape index (κ1) is 18.8. The van der Waals surface area contributed by atoms with Gasteiger partial charge in [-0.25, -0.2) is 9.59 Å². The van der Waals surface area contributed by atoms with Crippen LogP contribution in [0.3, 0.4) is 0 Å². The summed E-state index contributed by atoms with van der Waals surface area (Å²) in [5.41, 5.74) is 0.391. The van der Waals surface area contributed by atoms with Gasteiger partial charge in [-0.2, -0.15) is 0 Å². The van der Waals surface area contributed by atoms with Gasteiger partial charge in [0.25, 0.3) is 0 Å². The number of allylic oxidation sites excluding steroid dienone is 1. The molecule has 0 spiro atoms. The molecule has 2 heterocycles. The maximum absolute atomic E-state index is 12.2. The molecule has 2 aliphatic heterocycles. The fourth-order valence-electron chi connectivity index (χ4n) is 3.78. The summed E-state index contributed by atoms with van der Waals surface area (Å²) < 4.78 is 16.8. The lowest BCUT2D eigenvalue weighted by molar-refractivity contribution is -0.148. The summed E-state index contributed by atoms with van der Waals surface area (Å²) in [6.45, 7) is 8.53. The van der Waals surface area contributed by atoms with Gasteiger partial charge in [0.05, 0.1) is 24.7 Å². The zero-order chi connectivity index (χ0) is 19.1. The van der Waals surface area contributed by atoms with Crippen LogP contribution in [0.25, 0.3) is 0 Å². The van der Waals surface area contributed by atoms with E-state index in [4.69, 9.17) is 19.3 Å². The van der Waals surface area contributed by atoms with Crippen LogP contribution >= 0.6 is 0 Å². The topological polar surface area (TPSA) is 106 Å². The van der Waals surface area contributed by atoms with Gasteiger partial charge in [0.15, 0.2) is 0 Å². The lowest BCUT2D eigenvalue weighted by atomic mass is 9.81. The molecule has 0 amide bonds. The highest BCUT2D eigenvalue weighted by atomic mass is 16.7. The van der Waals surface area contributed by atoms with Crippen LogP contribution in [0.2, 0.25) is 0 Å². The third-order valence-corrected chi connectivity index (χ3v) is 5.37. The van der Waals surface area contributed by atoms with Crippen LogP contribution < -0.4 is 0 Å². The number of epoxide rings is 1. The van der Waals surface area contributed by atoms with Crippen molar-refractivity contribution in [1.82, 2.24) is 0 Å². The normalized spacial score (nSPS) is 36.3. The number of aliphatic hydroxyl groups is 2. The van der Waals surface area contributed by atoms with Crippen molar-refractivity contribution in [1.29, 1.82) is 0 Å². The smallest absolute Gasteiger partial charge is 0.336 e. The predicted molar refractivity (Wildman–Crippen MR) is 90.9 cm³/mol. The number of hydrogen-bond donors (Lipinski definition) is 2. The molecule has 3 aliphatic rings. The summed E-state index contributed by atoms with van der Waals surface area (Å²) in [5.74, 6) is -1.86. The summed E-state index contributed by atoms with van der Waals surface area (Å²) in [7, 11) is 0. The zero-order valence-electron chi connectivity index (χ0n) is 14.8. The van der Waals surface area contributed by atoms with Crippen molar-refractivity contribution >= 4 is 11.9 Å². The first-order valence-electron chi connectivity index (χ1n) is 8.66. The van der Waals surface area contributed by atoms with Crippen LogP contribution in [0.15, 0.2) is 36.0 Å². The number of esters is 2. The van der Waals surface area contributed by atoms with Crippen molar-refractivity contribution < 1.29 is 34.0 Å². The van der Waals surface area contributed by atoms with E-state index < -0.39 is 48.4 Å².